The Kier molecular flexibility index (Phi) is 5.13. The molecule has 0 spiro atoms. The number of nitrogens with zero attached hydrogens (tertiary/aromatic N) is 1. The Hall–Kier alpha value is -2.22. The molecule has 1 aromatic carbocycles. The lowest BCUT2D eigenvalue weighted by molar-refractivity contribution is -0.150. The summed E-state index contributed by atoms with van der Waals surface area (Å²) < 4.78 is 11.6. The quantitative estimate of drug-likeness (QED) is 0.842. The summed E-state index contributed by atoms with van der Waals surface area (Å²) in [6.45, 7) is 1.78. The number of aliphatic carboxylic acids is 1. The summed E-state index contributed by atoms with van der Waals surface area (Å²) in [6.07, 6.45) is 6.76. The third-order valence-electron chi connectivity index (χ3n) is 6.25. The molecular formula is C21H27NO4. The minimum atomic E-state index is -0.774. The van der Waals surface area contributed by atoms with Crippen molar-refractivity contribution in [3.63, 3.8) is 0 Å². The molecule has 2 aliphatic rings. The molecule has 2 fully saturated rings. The van der Waals surface area contributed by atoms with Gasteiger partial charge in [-0.25, -0.2) is 0 Å². The van der Waals surface area contributed by atoms with E-state index < -0.39 is 16.8 Å². The molecule has 0 unspecified atom stereocenters. The van der Waals surface area contributed by atoms with Gasteiger partial charge in [0, 0.05) is 0 Å². The Labute approximate surface area is 154 Å². The average Bonchev–Trinajstić information content (AvgIpc) is 3.15. The number of carboxylic acids is 1. The van der Waals surface area contributed by atoms with Crippen molar-refractivity contribution < 1.29 is 19.4 Å². The number of hydrogen-bond acceptors (Lipinski definition) is 4. The van der Waals surface area contributed by atoms with E-state index in [1.54, 1.807) is 14.0 Å². The molecule has 26 heavy (non-hydrogen) atoms. The second kappa shape index (κ2) is 7.19. The van der Waals surface area contributed by atoms with E-state index in [9.17, 15) is 15.2 Å². The highest BCUT2D eigenvalue weighted by molar-refractivity contribution is 5.74. The molecule has 0 amide bonds. The SMILES string of the molecule is COc1ccc([C@]2(C#N)CC[C@](C)(C(=O)O)CC2)cc1OC1CCCC1. The minimum Gasteiger partial charge on any atom is -0.493 e. The topological polar surface area (TPSA) is 79.5 Å². The second-order valence-electron chi connectivity index (χ2n) is 7.95. The van der Waals surface area contributed by atoms with Crippen LogP contribution in [0.15, 0.2) is 18.2 Å². The first-order valence-electron chi connectivity index (χ1n) is 9.42. The number of methoxy groups -OCH3 is 1. The van der Waals surface area contributed by atoms with Crippen molar-refractivity contribution in [3.05, 3.63) is 23.8 Å². The fourth-order valence-corrected chi connectivity index (χ4v) is 4.16. The first-order chi connectivity index (χ1) is 12.4. The van der Waals surface area contributed by atoms with E-state index in [2.05, 4.69) is 6.07 Å². The van der Waals surface area contributed by atoms with Crippen LogP contribution in [0.2, 0.25) is 0 Å². The van der Waals surface area contributed by atoms with Crippen LogP contribution < -0.4 is 9.47 Å². The van der Waals surface area contributed by atoms with Gasteiger partial charge in [0.05, 0.1) is 30.1 Å². The normalized spacial score (nSPS) is 29.1. The van der Waals surface area contributed by atoms with Crippen LogP contribution >= 0.6 is 0 Å². The summed E-state index contributed by atoms with van der Waals surface area (Å²) >= 11 is 0. The maximum Gasteiger partial charge on any atom is 0.309 e. The number of benzene rings is 1. The molecule has 0 atom stereocenters. The zero-order valence-corrected chi connectivity index (χ0v) is 15.6. The highest BCUT2D eigenvalue weighted by Crippen LogP contribution is 2.48. The van der Waals surface area contributed by atoms with E-state index in [0.717, 1.165) is 18.4 Å². The molecule has 0 bridgehead atoms. The van der Waals surface area contributed by atoms with Crippen LogP contribution in [0.25, 0.3) is 0 Å². The summed E-state index contributed by atoms with van der Waals surface area (Å²) in [5.74, 6) is 0.599. The number of carboxylic acid groups (broad SMARTS) is 1. The van der Waals surface area contributed by atoms with Crippen molar-refractivity contribution >= 4 is 5.97 Å². The number of rotatable bonds is 5. The number of nitriles is 1. The number of ether oxygens (including phenoxy) is 2. The molecule has 1 aromatic rings. The van der Waals surface area contributed by atoms with E-state index in [4.69, 9.17) is 9.47 Å². The van der Waals surface area contributed by atoms with Crippen molar-refractivity contribution in [2.75, 3.05) is 7.11 Å². The molecule has 5 nitrogen and oxygen atoms in total. The average molecular weight is 357 g/mol. The smallest absolute Gasteiger partial charge is 0.309 e. The van der Waals surface area contributed by atoms with Gasteiger partial charge in [-0.05, 0) is 76.0 Å². The molecule has 2 saturated carbocycles. The Morgan fingerprint density at radius 2 is 1.85 bits per heavy atom. The van der Waals surface area contributed by atoms with Gasteiger partial charge >= 0.3 is 5.97 Å². The fourth-order valence-electron chi connectivity index (χ4n) is 4.16. The van der Waals surface area contributed by atoms with Gasteiger partial charge in [0.25, 0.3) is 0 Å². The Bertz CT molecular complexity index is 707. The van der Waals surface area contributed by atoms with E-state index in [-0.39, 0.29) is 6.10 Å². The van der Waals surface area contributed by atoms with Gasteiger partial charge in [0.15, 0.2) is 11.5 Å². The molecular weight excluding hydrogens is 330 g/mol. The summed E-state index contributed by atoms with van der Waals surface area (Å²) in [6, 6.07) is 8.20. The highest BCUT2D eigenvalue weighted by Gasteiger charge is 2.45. The van der Waals surface area contributed by atoms with Crippen LogP contribution in [-0.2, 0) is 10.2 Å². The molecule has 0 heterocycles. The van der Waals surface area contributed by atoms with Crippen molar-refractivity contribution in [1.29, 1.82) is 5.26 Å². The fraction of sp³-hybridized carbons (Fsp3) is 0.619. The van der Waals surface area contributed by atoms with Crippen molar-refractivity contribution in [2.24, 2.45) is 5.41 Å². The van der Waals surface area contributed by atoms with Gasteiger partial charge in [0.1, 0.15) is 0 Å². The zero-order valence-electron chi connectivity index (χ0n) is 15.6. The lowest BCUT2D eigenvalue weighted by Gasteiger charge is -2.39. The largest absolute Gasteiger partial charge is 0.493 e. The summed E-state index contributed by atoms with van der Waals surface area (Å²) in [4.78, 5) is 11.5. The van der Waals surface area contributed by atoms with Crippen molar-refractivity contribution in [3.8, 4) is 17.6 Å². The third-order valence-corrected chi connectivity index (χ3v) is 6.25. The molecule has 0 radical (unpaired) electrons. The molecule has 1 N–H and O–H groups in total. The molecule has 0 aliphatic heterocycles. The lowest BCUT2D eigenvalue weighted by Crippen LogP contribution is -2.39. The monoisotopic (exact) mass is 357 g/mol. The summed E-state index contributed by atoms with van der Waals surface area (Å²) in [5.41, 5.74) is -0.494. The lowest BCUT2D eigenvalue weighted by atomic mass is 9.62. The predicted octanol–water partition coefficient (Wildman–Crippen LogP) is 4.44. The molecule has 140 valence electrons. The number of carbonyl (C=O) groups is 1. The van der Waals surface area contributed by atoms with Gasteiger partial charge in [-0.2, -0.15) is 5.26 Å². The molecule has 5 heteroatoms. The summed E-state index contributed by atoms with van der Waals surface area (Å²) in [7, 11) is 1.62. The van der Waals surface area contributed by atoms with E-state index in [0.29, 0.717) is 37.2 Å². The molecule has 3 rings (SSSR count). The van der Waals surface area contributed by atoms with Crippen molar-refractivity contribution in [1.82, 2.24) is 0 Å². The first-order valence-corrected chi connectivity index (χ1v) is 9.42. The van der Waals surface area contributed by atoms with Crippen molar-refractivity contribution in [2.45, 2.75) is 69.8 Å². The Morgan fingerprint density at radius 3 is 2.38 bits per heavy atom. The molecule has 2 aliphatic carbocycles. The maximum atomic E-state index is 11.5. The van der Waals surface area contributed by atoms with Crippen LogP contribution in [0.3, 0.4) is 0 Å². The minimum absolute atomic E-state index is 0.207. The standard InChI is InChI=1S/C21H27NO4/c1-20(19(23)24)9-11-21(14-22,12-10-20)15-7-8-17(25-2)18(13-15)26-16-5-3-4-6-16/h7-8,13,16H,3-6,9-12H2,1-2H3,(H,23,24)/t20-,21+. The second-order valence-corrected chi connectivity index (χ2v) is 7.95. The van der Waals surface area contributed by atoms with Crippen LogP contribution in [0, 0.1) is 16.7 Å². The van der Waals surface area contributed by atoms with Gasteiger partial charge < -0.3 is 14.6 Å². The first kappa shape index (κ1) is 18.6. The number of hydrogen-bond donors (Lipinski definition) is 1. The van der Waals surface area contributed by atoms with Crippen LogP contribution in [-0.4, -0.2) is 24.3 Å². The van der Waals surface area contributed by atoms with Gasteiger partial charge in [-0.15, -0.1) is 0 Å². The van der Waals surface area contributed by atoms with Crippen LogP contribution in [0.4, 0.5) is 0 Å². The zero-order chi connectivity index (χ0) is 18.8. The van der Waals surface area contributed by atoms with E-state index in [1.165, 1.54) is 12.8 Å². The Morgan fingerprint density at radius 1 is 1.19 bits per heavy atom. The summed E-state index contributed by atoms with van der Waals surface area (Å²) in [5, 5.41) is 19.4. The van der Waals surface area contributed by atoms with Crippen LogP contribution in [0.5, 0.6) is 11.5 Å². The molecule has 0 aromatic heterocycles. The third kappa shape index (κ3) is 3.38. The Balaban J connectivity index is 1.87. The van der Waals surface area contributed by atoms with Gasteiger partial charge in [-0.1, -0.05) is 6.07 Å². The molecule has 0 saturated heterocycles. The predicted molar refractivity (Wildman–Crippen MR) is 97.4 cm³/mol. The van der Waals surface area contributed by atoms with Gasteiger partial charge in [0.2, 0.25) is 0 Å². The highest BCUT2D eigenvalue weighted by atomic mass is 16.5. The van der Waals surface area contributed by atoms with E-state index >= 15 is 0 Å². The van der Waals surface area contributed by atoms with Gasteiger partial charge in [-0.3, -0.25) is 4.79 Å². The van der Waals surface area contributed by atoms with E-state index in [1.807, 2.05) is 18.2 Å². The van der Waals surface area contributed by atoms with Crippen LogP contribution in [0.1, 0.15) is 63.9 Å². The maximum absolute atomic E-state index is 11.5.